The van der Waals surface area contributed by atoms with Crippen molar-refractivity contribution >= 4 is 11.7 Å². The molecule has 1 amide bonds. The lowest BCUT2D eigenvalue weighted by molar-refractivity contribution is 0.101. The number of hydrogen-bond acceptors (Lipinski definition) is 2. The molecular formula is C13H9F3N2O. The predicted octanol–water partition coefficient (Wildman–Crippen LogP) is 3.06. The number of pyridine rings is 1. The average Bonchev–Trinajstić information content (AvgIpc) is 2.27. The molecule has 3 nitrogen and oxygen atoms in total. The summed E-state index contributed by atoms with van der Waals surface area (Å²) in [6.45, 7) is 1.70. The number of aromatic nitrogens is 1. The number of nitrogens with zero attached hydrogens (tertiary/aromatic N) is 1. The third-order valence-corrected chi connectivity index (χ3v) is 2.36. The second kappa shape index (κ2) is 5.09. The van der Waals surface area contributed by atoms with Gasteiger partial charge in [0.15, 0.2) is 0 Å². The first-order valence-electron chi connectivity index (χ1n) is 5.37. The van der Waals surface area contributed by atoms with Crippen LogP contribution in [0.4, 0.5) is 19.0 Å². The summed E-state index contributed by atoms with van der Waals surface area (Å²) in [5, 5.41) is 2.25. The molecule has 98 valence electrons. The van der Waals surface area contributed by atoms with Crippen molar-refractivity contribution in [3.8, 4) is 0 Å². The molecule has 0 aliphatic rings. The van der Waals surface area contributed by atoms with Crippen LogP contribution in [0.3, 0.4) is 0 Å². The topological polar surface area (TPSA) is 42.0 Å². The summed E-state index contributed by atoms with van der Waals surface area (Å²) >= 11 is 0. The maximum Gasteiger partial charge on any atom is 0.262 e. The molecule has 0 saturated heterocycles. The lowest BCUT2D eigenvalue weighted by atomic mass is 10.2. The van der Waals surface area contributed by atoms with Crippen molar-refractivity contribution < 1.29 is 18.0 Å². The highest BCUT2D eigenvalue weighted by Gasteiger charge is 2.19. The van der Waals surface area contributed by atoms with E-state index < -0.39 is 28.9 Å². The molecule has 0 unspecified atom stereocenters. The van der Waals surface area contributed by atoms with Crippen molar-refractivity contribution in [3.05, 3.63) is 59.0 Å². The minimum Gasteiger partial charge on any atom is -0.306 e. The number of nitrogens with one attached hydrogen (secondary N) is 1. The number of benzene rings is 1. The molecule has 0 atom stereocenters. The summed E-state index contributed by atoms with van der Waals surface area (Å²) in [6.07, 6.45) is 0. The highest BCUT2D eigenvalue weighted by molar-refractivity contribution is 6.04. The van der Waals surface area contributed by atoms with Crippen molar-refractivity contribution in [2.24, 2.45) is 0 Å². The van der Waals surface area contributed by atoms with Crippen LogP contribution in [0, 0.1) is 24.4 Å². The molecule has 1 heterocycles. The number of amides is 1. The van der Waals surface area contributed by atoms with Gasteiger partial charge < -0.3 is 5.32 Å². The van der Waals surface area contributed by atoms with Gasteiger partial charge in [-0.2, -0.15) is 0 Å². The molecular weight excluding hydrogens is 257 g/mol. The molecule has 1 aromatic heterocycles. The van der Waals surface area contributed by atoms with Gasteiger partial charge in [-0.05, 0) is 19.1 Å². The van der Waals surface area contributed by atoms with E-state index in [1.54, 1.807) is 19.1 Å². The Bertz CT molecular complexity index is 621. The van der Waals surface area contributed by atoms with Crippen molar-refractivity contribution in [2.75, 3.05) is 5.32 Å². The van der Waals surface area contributed by atoms with E-state index in [0.717, 1.165) is 0 Å². The van der Waals surface area contributed by atoms with Crippen LogP contribution in [-0.4, -0.2) is 10.9 Å². The Morgan fingerprint density at radius 3 is 2.37 bits per heavy atom. The number of halogens is 3. The molecule has 0 fully saturated rings. The van der Waals surface area contributed by atoms with Gasteiger partial charge in [0, 0.05) is 17.8 Å². The molecule has 1 N–H and O–H groups in total. The van der Waals surface area contributed by atoms with Crippen LogP contribution in [0.2, 0.25) is 0 Å². The van der Waals surface area contributed by atoms with Gasteiger partial charge in [-0.15, -0.1) is 0 Å². The van der Waals surface area contributed by atoms with Crippen molar-refractivity contribution in [1.82, 2.24) is 4.98 Å². The Labute approximate surface area is 107 Å². The van der Waals surface area contributed by atoms with E-state index in [0.29, 0.717) is 17.8 Å². The molecule has 0 aliphatic carbocycles. The third kappa shape index (κ3) is 2.90. The van der Waals surface area contributed by atoms with E-state index in [1.165, 1.54) is 6.07 Å². The normalized spacial score (nSPS) is 10.3. The van der Waals surface area contributed by atoms with Crippen LogP contribution >= 0.6 is 0 Å². The molecule has 0 bridgehead atoms. The second-order valence-corrected chi connectivity index (χ2v) is 3.86. The third-order valence-electron chi connectivity index (χ3n) is 2.36. The SMILES string of the molecule is Cc1cccc(NC(=O)c2c(F)cc(F)cc2F)n1. The molecule has 0 radical (unpaired) electrons. The molecule has 0 saturated carbocycles. The highest BCUT2D eigenvalue weighted by Crippen LogP contribution is 2.16. The zero-order chi connectivity index (χ0) is 14.0. The van der Waals surface area contributed by atoms with E-state index >= 15 is 0 Å². The Balaban J connectivity index is 2.31. The van der Waals surface area contributed by atoms with Gasteiger partial charge in [-0.3, -0.25) is 4.79 Å². The van der Waals surface area contributed by atoms with Crippen LogP contribution in [0.25, 0.3) is 0 Å². The summed E-state index contributed by atoms with van der Waals surface area (Å²) in [5.41, 5.74) is -0.206. The first kappa shape index (κ1) is 13.1. The lowest BCUT2D eigenvalue weighted by Gasteiger charge is -2.07. The summed E-state index contributed by atoms with van der Waals surface area (Å²) in [4.78, 5) is 15.7. The van der Waals surface area contributed by atoms with E-state index in [2.05, 4.69) is 10.3 Å². The van der Waals surface area contributed by atoms with Gasteiger partial charge in [0.05, 0.1) is 0 Å². The minimum absolute atomic E-state index is 0.160. The molecule has 19 heavy (non-hydrogen) atoms. The fourth-order valence-electron chi connectivity index (χ4n) is 1.55. The maximum absolute atomic E-state index is 13.4. The number of anilines is 1. The Kier molecular flexibility index (Phi) is 3.50. The average molecular weight is 266 g/mol. The molecule has 1 aromatic carbocycles. The Morgan fingerprint density at radius 1 is 1.16 bits per heavy atom. The zero-order valence-electron chi connectivity index (χ0n) is 9.88. The maximum atomic E-state index is 13.4. The van der Waals surface area contributed by atoms with Crippen LogP contribution in [0.1, 0.15) is 16.1 Å². The predicted molar refractivity (Wildman–Crippen MR) is 63.2 cm³/mol. The van der Waals surface area contributed by atoms with Gasteiger partial charge in [0.25, 0.3) is 5.91 Å². The van der Waals surface area contributed by atoms with Crippen LogP contribution in [0.5, 0.6) is 0 Å². The van der Waals surface area contributed by atoms with Crippen molar-refractivity contribution in [2.45, 2.75) is 6.92 Å². The summed E-state index contributed by atoms with van der Waals surface area (Å²) in [5.74, 6) is -4.47. The number of carbonyl (C=O) groups is 1. The zero-order valence-corrected chi connectivity index (χ0v) is 9.88. The van der Waals surface area contributed by atoms with Gasteiger partial charge in [-0.1, -0.05) is 6.07 Å². The second-order valence-electron chi connectivity index (χ2n) is 3.86. The van der Waals surface area contributed by atoms with Crippen LogP contribution in [0.15, 0.2) is 30.3 Å². The molecule has 0 spiro atoms. The van der Waals surface area contributed by atoms with E-state index in [9.17, 15) is 18.0 Å². The first-order valence-corrected chi connectivity index (χ1v) is 5.37. The van der Waals surface area contributed by atoms with Gasteiger partial charge in [-0.25, -0.2) is 18.2 Å². The fourth-order valence-corrected chi connectivity index (χ4v) is 1.55. The number of carbonyl (C=O) groups excluding carboxylic acids is 1. The lowest BCUT2D eigenvalue weighted by Crippen LogP contribution is -2.17. The number of rotatable bonds is 2. The fraction of sp³-hybridized carbons (Fsp3) is 0.0769. The molecule has 0 aliphatic heterocycles. The van der Waals surface area contributed by atoms with Crippen LogP contribution < -0.4 is 5.32 Å². The minimum atomic E-state index is -1.26. The number of aryl methyl sites for hydroxylation is 1. The molecule has 6 heteroatoms. The number of hydrogen-bond donors (Lipinski definition) is 1. The summed E-state index contributed by atoms with van der Waals surface area (Å²) < 4.78 is 39.5. The van der Waals surface area contributed by atoms with E-state index in [-0.39, 0.29) is 5.82 Å². The molecule has 2 aromatic rings. The van der Waals surface area contributed by atoms with Gasteiger partial charge >= 0.3 is 0 Å². The van der Waals surface area contributed by atoms with Gasteiger partial charge in [0.2, 0.25) is 0 Å². The van der Waals surface area contributed by atoms with Crippen molar-refractivity contribution in [3.63, 3.8) is 0 Å². The van der Waals surface area contributed by atoms with Crippen LogP contribution in [-0.2, 0) is 0 Å². The standard InChI is InChI=1S/C13H9F3N2O/c1-7-3-2-4-11(17-7)18-13(19)12-9(15)5-8(14)6-10(12)16/h2-6H,1H3,(H,17,18,19). The monoisotopic (exact) mass is 266 g/mol. The Morgan fingerprint density at radius 2 is 1.79 bits per heavy atom. The summed E-state index contributed by atoms with van der Waals surface area (Å²) in [7, 11) is 0. The van der Waals surface area contributed by atoms with Crippen molar-refractivity contribution in [1.29, 1.82) is 0 Å². The smallest absolute Gasteiger partial charge is 0.262 e. The molecule has 2 rings (SSSR count). The Hall–Kier alpha value is -2.37. The van der Waals surface area contributed by atoms with Gasteiger partial charge in [0.1, 0.15) is 28.8 Å². The largest absolute Gasteiger partial charge is 0.306 e. The summed E-state index contributed by atoms with van der Waals surface area (Å²) in [6, 6.07) is 5.71. The highest BCUT2D eigenvalue weighted by atomic mass is 19.1. The quantitative estimate of drug-likeness (QED) is 0.907. The van der Waals surface area contributed by atoms with E-state index in [4.69, 9.17) is 0 Å². The first-order chi connectivity index (χ1) is 8.97. The van der Waals surface area contributed by atoms with E-state index in [1.807, 2.05) is 0 Å².